The Hall–Kier alpha value is -0.810. The monoisotopic (exact) mass is 217 g/mol. The fraction of sp³-hybridized carbons (Fsp3) is 0.900. The Balaban J connectivity index is 3.85. The van der Waals surface area contributed by atoms with Crippen LogP contribution in [0.15, 0.2) is 5.16 Å². The van der Waals surface area contributed by atoms with Crippen molar-refractivity contribution in [2.75, 3.05) is 26.7 Å². The van der Waals surface area contributed by atoms with Crippen molar-refractivity contribution in [1.29, 1.82) is 0 Å². The van der Waals surface area contributed by atoms with Gasteiger partial charge in [-0.1, -0.05) is 19.0 Å². The molecular weight excluding hydrogens is 194 g/mol. The van der Waals surface area contributed by atoms with E-state index >= 15 is 0 Å². The molecule has 0 amide bonds. The van der Waals surface area contributed by atoms with E-state index in [1.165, 1.54) is 0 Å². The van der Waals surface area contributed by atoms with Crippen molar-refractivity contribution in [3.05, 3.63) is 0 Å². The number of oxime groups is 1. The molecule has 0 aliphatic rings. The zero-order valence-electron chi connectivity index (χ0n) is 9.90. The van der Waals surface area contributed by atoms with Gasteiger partial charge in [-0.3, -0.25) is 0 Å². The van der Waals surface area contributed by atoms with Gasteiger partial charge in [0.15, 0.2) is 0 Å². The van der Waals surface area contributed by atoms with Crippen LogP contribution in [0.1, 0.15) is 26.7 Å². The predicted molar refractivity (Wildman–Crippen MR) is 61.0 cm³/mol. The Kier molecular flexibility index (Phi) is 6.27. The van der Waals surface area contributed by atoms with Crippen molar-refractivity contribution in [2.45, 2.75) is 26.7 Å². The van der Waals surface area contributed by atoms with E-state index in [2.05, 4.69) is 10.1 Å². The molecule has 0 spiro atoms. The van der Waals surface area contributed by atoms with Crippen molar-refractivity contribution >= 4 is 5.84 Å². The highest BCUT2D eigenvalue weighted by molar-refractivity contribution is 5.85. The largest absolute Gasteiger partial charge is 0.409 e. The SMILES string of the molecule is CN(CCO)CCCC(C)(C)C(N)=NO. The first-order valence-electron chi connectivity index (χ1n) is 5.21. The summed E-state index contributed by atoms with van der Waals surface area (Å²) < 4.78 is 0. The van der Waals surface area contributed by atoms with Gasteiger partial charge in [0.2, 0.25) is 0 Å². The van der Waals surface area contributed by atoms with Gasteiger partial charge in [-0.05, 0) is 26.4 Å². The van der Waals surface area contributed by atoms with Gasteiger partial charge in [0.25, 0.3) is 0 Å². The molecule has 0 saturated heterocycles. The van der Waals surface area contributed by atoms with Crippen LogP contribution in [0.5, 0.6) is 0 Å². The van der Waals surface area contributed by atoms with Crippen molar-refractivity contribution in [3.8, 4) is 0 Å². The minimum absolute atomic E-state index is 0.181. The highest BCUT2D eigenvalue weighted by atomic mass is 16.4. The quantitative estimate of drug-likeness (QED) is 0.250. The number of hydrogen-bond acceptors (Lipinski definition) is 4. The molecule has 0 rings (SSSR count). The van der Waals surface area contributed by atoms with Crippen LogP contribution in [0, 0.1) is 5.41 Å². The van der Waals surface area contributed by atoms with E-state index in [1.54, 1.807) is 0 Å². The topological polar surface area (TPSA) is 82.1 Å². The molecule has 0 aromatic rings. The molecule has 0 saturated carbocycles. The van der Waals surface area contributed by atoms with Crippen molar-refractivity contribution in [3.63, 3.8) is 0 Å². The maximum absolute atomic E-state index is 8.71. The van der Waals surface area contributed by atoms with Crippen LogP contribution in [0.2, 0.25) is 0 Å². The molecule has 0 aliphatic heterocycles. The van der Waals surface area contributed by atoms with E-state index < -0.39 is 0 Å². The number of aliphatic hydroxyl groups excluding tert-OH is 1. The molecule has 90 valence electrons. The smallest absolute Gasteiger partial charge is 0.144 e. The summed E-state index contributed by atoms with van der Waals surface area (Å²) in [6.45, 7) is 5.68. The third-order valence-electron chi connectivity index (χ3n) is 2.62. The minimum atomic E-state index is -0.269. The molecule has 0 heterocycles. The number of nitrogens with two attached hydrogens (primary N) is 1. The predicted octanol–water partition coefficient (Wildman–Crippen LogP) is 0.463. The van der Waals surface area contributed by atoms with Gasteiger partial charge < -0.3 is 20.9 Å². The second-order valence-corrected chi connectivity index (χ2v) is 4.50. The van der Waals surface area contributed by atoms with E-state index in [9.17, 15) is 0 Å². The summed E-state index contributed by atoms with van der Waals surface area (Å²) in [4.78, 5) is 2.06. The Morgan fingerprint density at radius 2 is 2.00 bits per heavy atom. The number of rotatable bonds is 7. The summed E-state index contributed by atoms with van der Waals surface area (Å²) in [5, 5.41) is 20.3. The number of hydrogen-bond donors (Lipinski definition) is 3. The number of amidine groups is 1. The summed E-state index contributed by atoms with van der Waals surface area (Å²) in [6.07, 6.45) is 1.82. The lowest BCUT2D eigenvalue weighted by molar-refractivity contribution is 0.215. The van der Waals surface area contributed by atoms with Gasteiger partial charge in [-0.2, -0.15) is 0 Å². The molecule has 0 aliphatic carbocycles. The lowest BCUT2D eigenvalue weighted by atomic mass is 9.86. The molecule has 5 heteroatoms. The van der Waals surface area contributed by atoms with Crippen LogP contribution in [-0.4, -0.2) is 47.8 Å². The van der Waals surface area contributed by atoms with Crippen LogP contribution in [0.25, 0.3) is 0 Å². The van der Waals surface area contributed by atoms with Crippen molar-refractivity contribution in [1.82, 2.24) is 4.90 Å². The van der Waals surface area contributed by atoms with Crippen LogP contribution < -0.4 is 5.73 Å². The second kappa shape index (κ2) is 6.63. The maximum atomic E-state index is 8.71. The zero-order chi connectivity index (χ0) is 11.9. The fourth-order valence-corrected chi connectivity index (χ4v) is 1.34. The fourth-order valence-electron chi connectivity index (χ4n) is 1.34. The molecule has 0 aromatic carbocycles. The standard InChI is InChI=1S/C10H23N3O2/c1-10(2,9(11)12-15)5-4-6-13(3)7-8-14/h14-15H,4-8H2,1-3H3,(H2,11,12). The van der Waals surface area contributed by atoms with Crippen LogP contribution in [-0.2, 0) is 0 Å². The van der Waals surface area contributed by atoms with Gasteiger partial charge in [-0.15, -0.1) is 0 Å². The third kappa shape index (κ3) is 5.59. The molecule has 0 radical (unpaired) electrons. The number of aliphatic hydroxyl groups is 1. The lowest BCUT2D eigenvalue weighted by Crippen LogP contribution is -2.33. The summed E-state index contributed by atoms with van der Waals surface area (Å²) in [7, 11) is 1.96. The van der Waals surface area contributed by atoms with Gasteiger partial charge >= 0.3 is 0 Å². The second-order valence-electron chi connectivity index (χ2n) is 4.50. The number of nitrogens with zero attached hydrogens (tertiary/aromatic N) is 2. The van der Waals surface area contributed by atoms with E-state index in [0.717, 1.165) is 19.4 Å². The average Bonchev–Trinajstić information content (AvgIpc) is 2.16. The summed E-state index contributed by atoms with van der Waals surface area (Å²) in [5.41, 5.74) is 5.30. The van der Waals surface area contributed by atoms with Gasteiger partial charge in [0.1, 0.15) is 5.84 Å². The van der Waals surface area contributed by atoms with Crippen LogP contribution >= 0.6 is 0 Å². The van der Waals surface area contributed by atoms with Gasteiger partial charge in [0, 0.05) is 12.0 Å². The van der Waals surface area contributed by atoms with E-state index in [-0.39, 0.29) is 17.9 Å². The first kappa shape index (κ1) is 14.2. The molecule has 0 atom stereocenters. The first-order valence-corrected chi connectivity index (χ1v) is 5.21. The Morgan fingerprint density at radius 1 is 1.40 bits per heavy atom. The highest BCUT2D eigenvalue weighted by Crippen LogP contribution is 2.22. The molecule has 15 heavy (non-hydrogen) atoms. The molecule has 0 aromatic heterocycles. The summed E-state index contributed by atoms with van der Waals surface area (Å²) >= 11 is 0. The Morgan fingerprint density at radius 3 is 2.47 bits per heavy atom. The minimum Gasteiger partial charge on any atom is -0.409 e. The van der Waals surface area contributed by atoms with Crippen LogP contribution in [0.3, 0.4) is 0 Å². The third-order valence-corrected chi connectivity index (χ3v) is 2.62. The first-order chi connectivity index (χ1) is 6.94. The summed E-state index contributed by atoms with van der Waals surface area (Å²) in [6, 6.07) is 0. The molecule has 0 unspecified atom stereocenters. The maximum Gasteiger partial charge on any atom is 0.144 e. The average molecular weight is 217 g/mol. The van der Waals surface area contributed by atoms with Gasteiger partial charge in [-0.25, -0.2) is 0 Å². The van der Waals surface area contributed by atoms with E-state index in [1.807, 2.05) is 20.9 Å². The molecule has 0 fully saturated rings. The Bertz CT molecular complexity index is 205. The number of likely N-dealkylation sites (N-methyl/N-ethyl adjacent to an activating group) is 1. The zero-order valence-corrected chi connectivity index (χ0v) is 9.90. The molecule has 5 nitrogen and oxygen atoms in total. The lowest BCUT2D eigenvalue weighted by Gasteiger charge is -2.24. The van der Waals surface area contributed by atoms with E-state index in [4.69, 9.17) is 16.0 Å². The summed E-state index contributed by atoms with van der Waals surface area (Å²) in [5.74, 6) is 0.271. The van der Waals surface area contributed by atoms with Gasteiger partial charge in [0.05, 0.1) is 6.61 Å². The molecule has 0 bridgehead atoms. The van der Waals surface area contributed by atoms with Crippen molar-refractivity contribution < 1.29 is 10.3 Å². The van der Waals surface area contributed by atoms with Crippen molar-refractivity contribution in [2.24, 2.45) is 16.3 Å². The normalized spacial score (nSPS) is 13.5. The Labute approximate surface area is 91.6 Å². The molecule has 4 N–H and O–H groups in total. The van der Waals surface area contributed by atoms with E-state index in [0.29, 0.717) is 6.54 Å². The molecular formula is C10H23N3O2. The highest BCUT2D eigenvalue weighted by Gasteiger charge is 2.22. The van der Waals surface area contributed by atoms with Crippen LogP contribution in [0.4, 0.5) is 0 Å².